The van der Waals surface area contributed by atoms with Gasteiger partial charge < -0.3 is 0 Å². The molecule has 1 aromatic heterocycles. The van der Waals surface area contributed by atoms with Crippen molar-refractivity contribution in [3.63, 3.8) is 0 Å². The van der Waals surface area contributed by atoms with Crippen LogP contribution in [-0.2, 0) is 0 Å². The summed E-state index contributed by atoms with van der Waals surface area (Å²) < 4.78 is 0. The molecule has 0 amide bonds. The third-order valence-electron chi connectivity index (χ3n) is 8.54. The van der Waals surface area contributed by atoms with Crippen molar-refractivity contribution in [3.8, 4) is 43.1 Å². The van der Waals surface area contributed by atoms with Crippen LogP contribution in [-0.4, -0.2) is 0 Å². The Labute approximate surface area is 252 Å². The molecule has 196 valence electrons. The fraction of sp³-hybridized carbons (Fsp3) is 0. The largest absolute Gasteiger partial charge is 0.135 e. The van der Waals surface area contributed by atoms with E-state index in [1.54, 1.807) is 0 Å². The smallest absolute Gasteiger partial charge is 0.0355 e. The van der Waals surface area contributed by atoms with Crippen LogP contribution in [0.15, 0.2) is 155 Å². The van der Waals surface area contributed by atoms with Crippen LogP contribution < -0.4 is 0 Å². The lowest BCUT2D eigenvalue weighted by Crippen LogP contribution is -1.93. The maximum atomic E-state index is 2.32. The van der Waals surface area contributed by atoms with E-state index in [0.717, 1.165) is 0 Å². The zero-order valence-electron chi connectivity index (χ0n) is 22.7. The van der Waals surface area contributed by atoms with Gasteiger partial charge in [0.1, 0.15) is 0 Å². The van der Waals surface area contributed by atoms with Crippen LogP contribution in [0.5, 0.6) is 0 Å². The van der Waals surface area contributed by atoms with Gasteiger partial charge in [-0.05, 0) is 84.6 Å². The van der Waals surface area contributed by atoms with Gasteiger partial charge in [-0.25, -0.2) is 0 Å². The Hall–Kier alpha value is -4.63. The number of thiophene rings is 1. The molecule has 0 unspecified atom stereocenters. The highest BCUT2D eigenvalue weighted by atomic mass is 32.2. The van der Waals surface area contributed by atoms with E-state index in [1.165, 1.54) is 85.2 Å². The molecular formula is C40H24S2. The Kier molecular flexibility index (Phi) is 5.41. The highest BCUT2D eigenvalue weighted by molar-refractivity contribution is 7.99. The van der Waals surface area contributed by atoms with Crippen molar-refractivity contribution in [2.24, 2.45) is 0 Å². The summed E-state index contributed by atoms with van der Waals surface area (Å²) in [4.78, 5) is 5.27. The first kappa shape index (κ1) is 24.0. The van der Waals surface area contributed by atoms with Gasteiger partial charge in [0.25, 0.3) is 0 Å². The SMILES string of the molecule is c1ccc2c(c1)Sc1ccc(-c3ccc(-c4ccccc4-c4cccc5c4ccc4ccccc45)s3)c3cccc-2c13. The third-order valence-corrected chi connectivity index (χ3v) is 10.8. The molecule has 8 aromatic rings. The Morgan fingerprint density at radius 2 is 0.976 bits per heavy atom. The van der Waals surface area contributed by atoms with Crippen LogP contribution in [0.3, 0.4) is 0 Å². The lowest BCUT2D eigenvalue weighted by molar-refractivity contribution is 1.40. The van der Waals surface area contributed by atoms with Crippen molar-refractivity contribution in [2.75, 3.05) is 0 Å². The molecule has 2 heteroatoms. The fourth-order valence-electron chi connectivity index (χ4n) is 6.63. The second kappa shape index (κ2) is 9.46. The first-order valence-electron chi connectivity index (χ1n) is 14.3. The van der Waals surface area contributed by atoms with Gasteiger partial charge in [0.05, 0.1) is 0 Å². The predicted octanol–water partition coefficient (Wildman–Crippen LogP) is 12.3. The van der Waals surface area contributed by atoms with E-state index in [2.05, 4.69) is 146 Å². The van der Waals surface area contributed by atoms with Gasteiger partial charge in [0.15, 0.2) is 0 Å². The Bertz CT molecular complexity index is 2340. The average Bonchev–Trinajstić information content (AvgIpc) is 3.55. The van der Waals surface area contributed by atoms with Crippen molar-refractivity contribution in [1.82, 2.24) is 0 Å². The first-order valence-corrected chi connectivity index (χ1v) is 15.9. The average molecular weight is 569 g/mol. The van der Waals surface area contributed by atoms with Crippen molar-refractivity contribution >= 4 is 55.4 Å². The van der Waals surface area contributed by atoms with Crippen molar-refractivity contribution < 1.29 is 0 Å². The molecule has 0 N–H and O–H groups in total. The van der Waals surface area contributed by atoms with Crippen LogP contribution >= 0.6 is 23.1 Å². The minimum Gasteiger partial charge on any atom is -0.135 e. The molecule has 0 bridgehead atoms. The third kappa shape index (κ3) is 3.62. The number of hydrogen-bond acceptors (Lipinski definition) is 2. The Balaban J connectivity index is 1.19. The van der Waals surface area contributed by atoms with Gasteiger partial charge in [-0.2, -0.15) is 0 Å². The van der Waals surface area contributed by atoms with Crippen LogP contribution in [0, 0.1) is 0 Å². The van der Waals surface area contributed by atoms with Gasteiger partial charge in [-0.3, -0.25) is 0 Å². The monoisotopic (exact) mass is 568 g/mol. The predicted molar refractivity (Wildman–Crippen MR) is 183 cm³/mol. The van der Waals surface area contributed by atoms with E-state index in [1.807, 2.05) is 23.1 Å². The molecule has 1 aliphatic rings. The number of hydrogen-bond donors (Lipinski definition) is 0. The topological polar surface area (TPSA) is 0 Å². The van der Waals surface area contributed by atoms with E-state index in [-0.39, 0.29) is 0 Å². The minimum absolute atomic E-state index is 1.27. The highest BCUT2D eigenvalue weighted by Gasteiger charge is 2.21. The van der Waals surface area contributed by atoms with Crippen LogP contribution in [0.1, 0.15) is 0 Å². The molecule has 7 aromatic carbocycles. The Morgan fingerprint density at radius 3 is 1.88 bits per heavy atom. The van der Waals surface area contributed by atoms with Gasteiger partial charge in [0.2, 0.25) is 0 Å². The fourth-order valence-corrected chi connectivity index (χ4v) is 8.85. The highest BCUT2D eigenvalue weighted by Crippen LogP contribution is 2.50. The first-order chi connectivity index (χ1) is 20.8. The Morgan fingerprint density at radius 1 is 0.310 bits per heavy atom. The van der Waals surface area contributed by atoms with E-state index in [9.17, 15) is 0 Å². The van der Waals surface area contributed by atoms with Gasteiger partial charge in [-0.15, -0.1) is 11.3 Å². The lowest BCUT2D eigenvalue weighted by atomic mass is 9.92. The normalized spacial score (nSPS) is 12.2. The summed E-state index contributed by atoms with van der Waals surface area (Å²) in [6.45, 7) is 0. The molecule has 0 nitrogen and oxygen atoms in total. The van der Waals surface area contributed by atoms with E-state index in [0.29, 0.717) is 0 Å². The summed E-state index contributed by atoms with van der Waals surface area (Å²) >= 11 is 3.77. The van der Waals surface area contributed by atoms with Crippen LogP contribution in [0.4, 0.5) is 0 Å². The molecule has 0 saturated carbocycles. The quantitative estimate of drug-likeness (QED) is 0.191. The summed E-state index contributed by atoms with van der Waals surface area (Å²) in [5.41, 5.74) is 7.81. The summed E-state index contributed by atoms with van der Waals surface area (Å²) in [6, 6.07) is 53.6. The van der Waals surface area contributed by atoms with Crippen molar-refractivity contribution in [1.29, 1.82) is 0 Å². The standard InChI is InChI=1S/C40H24S2/c1-2-10-26-25(9-1)19-20-30-27(26)14-7-15-28(30)29-11-3-4-12-31(29)37-23-24-38(41-37)33-21-22-39-40-34(16-8-17-35(33)40)32-13-5-6-18-36(32)42-39/h1-24H. The lowest BCUT2D eigenvalue weighted by Gasteiger charge is -2.21. The van der Waals surface area contributed by atoms with Crippen molar-refractivity contribution in [2.45, 2.75) is 9.79 Å². The van der Waals surface area contributed by atoms with Crippen LogP contribution in [0.2, 0.25) is 0 Å². The molecule has 9 rings (SSSR count). The van der Waals surface area contributed by atoms with Gasteiger partial charge >= 0.3 is 0 Å². The van der Waals surface area contributed by atoms with Gasteiger partial charge in [0, 0.05) is 24.9 Å². The number of rotatable bonds is 3. The second-order valence-electron chi connectivity index (χ2n) is 10.8. The molecule has 1 aliphatic heterocycles. The summed E-state index contributed by atoms with van der Waals surface area (Å²) in [7, 11) is 0. The molecule has 42 heavy (non-hydrogen) atoms. The molecule has 0 aliphatic carbocycles. The maximum Gasteiger partial charge on any atom is 0.0355 e. The molecule has 0 spiro atoms. The second-order valence-corrected chi connectivity index (χ2v) is 13.0. The zero-order chi connectivity index (χ0) is 27.6. The van der Waals surface area contributed by atoms with Gasteiger partial charge in [-0.1, -0.05) is 133 Å². The van der Waals surface area contributed by atoms with E-state index < -0.39 is 0 Å². The minimum atomic E-state index is 1.27. The van der Waals surface area contributed by atoms with E-state index in [4.69, 9.17) is 0 Å². The number of fused-ring (bicyclic) bond motifs is 5. The number of benzene rings is 7. The summed E-state index contributed by atoms with van der Waals surface area (Å²) in [5, 5.41) is 7.88. The molecule has 0 fully saturated rings. The molecule has 0 saturated heterocycles. The van der Waals surface area contributed by atoms with Crippen molar-refractivity contribution in [3.05, 3.63) is 146 Å². The molecule has 0 radical (unpaired) electrons. The van der Waals surface area contributed by atoms with Crippen LogP contribution in [0.25, 0.3) is 75.5 Å². The maximum absolute atomic E-state index is 2.32. The molecule has 2 heterocycles. The summed E-state index contributed by atoms with van der Waals surface area (Å²) in [6.07, 6.45) is 0. The zero-order valence-corrected chi connectivity index (χ0v) is 24.3. The molecular weight excluding hydrogens is 545 g/mol. The van der Waals surface area contributed by atoms with E-state index >= 15 is 0 Å². The summed E-state index contributed by atoms with van der Waals surface area (Å²) in [5.74, 6) is 0. The molecule has 0 atom stereocenters.